The van der Waals surface area contributed by atoms with Crippen LogP contribution in [-0.2, 0) is 17.8 Å². The van der Waals surface area contributed by atoms with Gasteiger partial charge in [-0.1, -0.05) is 0 Å². The van der Waals surface area contributed by atoms with Gasteiger partial charge in [-0.05, 0) is 25.5 Å². The van der Waals surface area contributed by atoms with Crippen molar-refractivity contribution in [1.29, 1.82) is 0 Å². The van der Waals surface area contributed by atoms with Gasteiger partial charge >= 0.3 is 6.09 Å². The quantitative estimate of drug-likeness (QED) is 0.759. The molecule has 0 aromatic carbocycles. The van der Waals surface area contributed by atoms with E-state index in [1.165, 1.54) is 12.3 Å². The molecule has 2 fully saturated rings. The number of amides is 1. The highest BCUT2D eigenvalue weighted by Crippen LogP contribution is 2.32. The van der Waals surface area contributed by atoms with Gasteiger partial charge in [0.05, 0.1) is 31.9 Å². The highest BCUT2D eigenvalue weighted by atomic mass is 19.3. The standard InChI is InChI=1S/C20H22F2N6O2/c1-12-24-17-11-28(10-15(17)19(25-12)26-5-2-6-26)20(29)30-14-8-27(9-14)13-3-4-23-16(7-13)18(21)22/h3-4,7,14,18H,2,5-6,8-11H2,1H3. The molecule has 3 aliphatic heterocycles. The van der Waals surface area contributed by atoms with Crippen LogP contribution in [0.25, 0.3) is 0 Å². The molecule has 158 valence electrons. The number of halogens is 2. The van der Waals surface area contributed by atoms with Crippen molar-refractivity contribution in [2.24, 2.45) is 0 Å². The second kappa shape index (κ2) is 7.33. The fourth-order valence-electron chi connectivity index (χ4n) is 3.97. The van der Waals surface area contributed by atoms with Crippen molar-refractivity contribution in [1.82, 2.24) is 19.9 Å². The normalized spacial score (nSPS) is 18.3. The summed E-state index contributed by atoms with van der Waals surface area (Å²) in [4.78, 5) is 31.2. The van der Waals surface area contributed by atoms with Crippen LogP contribution in [0.3, 0.4) is 0 Å². The number of hydrogen-bond donors (Lipinski definition) is 0. The molecule has 0 spiro atoms. The average Bonchev–Trinajstić information content (AvgIpc) is 3.07. The van der Waals surface area contributed by atoms with Crippen LogP contribution in [0.5, 0.6) is 0 Å². The van der Waals surface area contributed by atoms with E-state index in [1.54, 1.807) is 11.0 Å². The third-order valence-corrected chi connectivity index (χ3v) is 5.76. The minimum atomic E-state index is -2.61. The van der Waals surface area contributed by atoms with Gasteiger partial charge in [0.2, 0.25) is 0 Å². The Labute approximate surface area is 172 Å². The fraction of sp³-hybridized carbons (Fsp3) is 0.500. The molecule has 2 aromatic heterocycles. The van der Waals surface area contributed by atoms with E-state index in [4.69, 9.17) is 4.74 Å². The van der Waals surface area contributed by atoms with Gasteiger partial charge in [-0.2, -0.15) is 0 Å². The maximum absolute atomic E-state index is 12.8. The Morgan fingerprint density at radius 3 is 2.70 bits per heavy atom. The van der Waals surface area contributed by atoms with E-state index in [0.717, 1.165) is 36.6 Å². The van der Waals surface area contributed by atoms with Crippen LogP contribution in [0.2, 0.25) is 0 Å². The Hall–Kier alpha value is -3.04. The summed E-state index contributed by atoms with van der Waals surface area (Å²) in [6.45, 7) is 5.62. The molecule has 0 unspecified atom stereocenters. The summed E-state index contributed by atoms with van der Waals surface area (Å²) in [5.41, 5.74) is 2.29. The molecular weight excluding hydrogens is 394 g/mol. The van der Waals surface area contributed by atoms with Crippen LogP contribution in [-0.4, -0.2) is 58.2 Å². The largest absolute Gasteiger partial charge is 0.442 e. The molecular formula is C20H22F2N6O2. The van der Waals surface area contributed by atoms with Crippen molar-refractivity contribution in [2.45, 2.75) is 39.0 Å². The lowest BCUT2D eigenvalue weighted by atomic mass is 10.1. The predicted octanol–water partition coefficient (Wildman–Crippen LogP) is 2.67. The van der Waals surface area contributed by atoms with Gasteiger partial charge in [0.25, 0.3) is 6.43 Å². The second-order valence-corrected chi connectivity index (χ2v) is 7.87. The summed E-state index contributed by atoms with van der Waals surface area (Å²) in [5, 5.41) is 0. The van der Waals surface area contributed by atoms with Crippen molar-refractivity contribution in [2.75, 3.05) is 36.0 Å². The zero-order valence-electron chi connectivity index (χ0n) is 16.6. The van der Waals surface area contributed by atoms with Crippen molar-refractivity contribution in [3.63, 3.8) is 0 Å². The lowest BCUT2D eigenvalue weighted by Crippen LogP contribution is -2.54. The Balaban J connectivity index is 1.19. The minimum absolute atomic E-state index is 0.253. The van der Waals surface area contributed by atoms with Crippen LogP contribution in [0, 0.1) is 6.92 Å². The number of rotatable bonds is 4. The number of aromatic nitrogens is 3. The molecule has 0 atom stereocenters. The highest BCUT2D eigenvalue weighted by molar-refractivity contribution is 5.70. The molecule has 10 heteroatoms. The van der Waals surface area contributed by atoms with E-state index in [1.807, 2.05) is 11.8 Å². The van der Waals surface area contributed by atoms with Gasteiger partial charge in [0.1, 0.15) is 23.4 Å². The molecule has 1 amide bonds. The SMILES string of the molecule is Cc1nc2c(c(N3CCC3)n1)CN(C(=O)OC1CN(c3ccnc(C(F)F)c3)C1)C2. The molecule has 5 heterocycles. The van der Waals surface area contributed by atoms with Crippen molar-refractivity contribution in [3.8, 4) is 0 Å². The van der Waals surface area contributed by atoms with Crippen molar-refractivity contribution in [3.05, 3.63) is 41.1 Å². The summed E-state index contributed by atoms with van der Waals surface area (Å²) in [6, 6.07) is 3.05. The van der Waals surface area contributed by atoms with Crippen LogP contribution in [0.1, 0.15) is 35.6 Å². The van der Waals surface area contributed by atoms with Crippen LogP contribution in [0.15, 0.2) is 18.3 Å². The number of aryl methyl sites for hydroxylation is 1. The number of pyridine rings is 1. The summed E-state index contributed by atoms with van der Waals surface area (Å²) in [6.07, 6.45) is -0.738. The number of fused-ring (bicyclic) bond motifs is 1. The first-order valence-corrected chi connectivity index (χ1v) is 10.0. The summed E-state index contributed by atoms with van der Waals surface area (Å²) in [5.74, 6) is 1.64. The van der Waals surface area contributed by atoms with Crippen molar-refractivity contribution < 1.29 is 18.3 Å². The number of ether oxygens (including phenoxy) is 1. The monoisotopic (exact) mass is 416 g/mol. The Morgan fingerprint density at radius 1 is 1.20 bits per heavy atom. The van der Waals surface area contributed by atoms with Crippen LogP contribution in [0.4, 0.5) is 25.1 Å². The Kier molecular flexibility index (Phi) is 4.63. The first-order chi connectivity index (χ1) is 14.5. The fourth-order valence-corrected chi connectivity index (χ4v) is 3.97. The van der Waals surface area contributed by atoms with Gasteiger partial charge in [-0.3, -0.25) is 9.88 Å². The molecule has 8 nitrogen and oxygen atoms in total. The maximum atomic E-state index is 12.8. The third kappa shape index (κ3) is 3.40. The lowest BCUT2D eigenvalue weighted by Gasteiger charge is -2.40. The summed E-state index contributed by atoms with van der Waals surface area (Å²) < 4.78 is 31.3. The molecule has 5 rings (SSSR count). The van der Waals surface area contributed by atoms with E-state index >= 15 is 0 Å². The van der Waals surface area contributed by atoms with Crippen LogP contribution < -0.4 is 9.80 Å². The Morgan fingerprint density at radius 2 is 2.00 bits per heavy atom. The third-order valence-electron chi connectivity index (χ3n) is 5.76. The maximum Gasteiger partial charge on any atom is 0.410 e. The van der Waals surface area contributed by atoms with E-state index in [2.05, 4.69) is 19.9 Å². The number of nitrogens with zero attached hydrogens (tertiary/aromatic N) is 6. The second-order valence-electron chi connectivity index (χ2n) is 7.87. The zero-order valence-corrected chi connectivity index (χ0v) is 16.6. The minimum Gasteiger partial charge on any atom is -0.442 e. The molecule has 0 bridgehead atoms. The average molecular weight is 416 g/mol. The van der Waals surface area contributed by atoms with Gasteiger partial charge in [-0.15, -0.1) is 0 Å². The molecule has 3 aliphatic rings. The smallest absolute Gasteiger partial charge is 0.410 e. The molecule has 30 heavy (non-hydrogen) atoms. The van der Waals surface area contributed by atoms with E-state index < -0.39 is 6.43 Å². The number of carbonyl (C=O) groups excluding carboxylic acids is 1. The molecule has 0 aliphatic carbocycles. The zero-order chi connectivity index (χ0) is 20.8. The highest BCUT2D eigenvalue weighted by Gasteiger charge is 2.36. The van der Waals surface area contributed by atoms with E-state index in [9.17, 15) is 13.6 Å². The molecule has 2 saturated heterocycles. The van der Waals surface area contributed by atoms with Crippen molar-refractivity contribution >= 4 is 17.6 Å². The summed E-state index contributed by atoms with van der Waals surface area (Å²) >= 11 is 0. The van der Waals surface area contributed by atoms with E-state index in [-0.39, 0.29) is 17.9 Å². The van der Waals surface area contributed by atoms with Gasteiger partial charge in [-0.25, -0.2) is 23.5 Å². The number of hydrogen-bond acceptors (Lipinski definition) is 7. The first kappa shape index (κ1) is 19.0. The topological polar surface area (TPSA) is 74.7 Å². The lowest BCUT2D eigenvalue weighted by molar-refractivity contribution is 0.0490. The van der Waals surface area contributed by atoms with Gasteiger partial charge < -0.3 is 14.5 Å². The summed E-state index contributed by atoms with van der Waals surface area (Å²) in [7, 11) is 0. The molecule has 0 radical (unpaired) electrons. The molecule has 0 saturated carbocycles. The van der Waals surface area contributed by atoms with E-state index in [0.29, 0.717) is 37.7 Å². The predicted molar refractivity (Wildman–Crippen MR) is 105 cm³/mol. The number of anilines is 2. The van der Waals surface area contributed by atoms with Gasteiger partial charge in [0.15, 0.2) is 0 Å². The number of carbonyl (C=O) groups is 1. The molecule has 0 N–H and O–H groups in total. The number of alkyl halides is 2. The van der Waals surface area contributed by atoms with Crippen LogP contribution >= 0.6 is 0 Å². The Bertz CT molecular complexity index is 978. The first-order valence-electron chi connectivity index (χ1n) is 10.0. The molecule has 2 aromatic rings. The van der Waals surface area contributed by atoms with Gasteiger partial charge in [0, 0.05) is 30.5 Å².